The Bertz CT molecular complexity index is 515. The highest BCUT2D eigenvalue weighted by Crippen LogP contribution is 2.20. The number of carbonyl (C=O) groups is 1. The Labute approximate surface area is 127 Å². The molecule has 1 fully saturated rings. The lowest BCUT2D eigenvalue weighted by Crippen LogP contribution is -2.47. The Morgan fingerprint density at radius 3 is 2.90 bits per heavy atom. The molecule has 1 aliphatic rings. The summed E-state index contributed by atoms with van der Waals surface area (Å²) >= 11 is 5.64. The largest absolute Gasteiger partial charge is 0.396 e. The van der Waals surface area contributed by atoms with Crippen LogP contribution in [0.4, 0.5) is 10.1 Å². The number of piperidine rings is 1. The van der Waals surface area contributed by atoms with Crippen molar-refractivity contribution in [2.75, 3.05) is 31.6 Å². The molecule has 0 spiro atoms. The van der Waals surface area contributed by atoms with E-state index in [1.165, 1.54) is 12.1 Å². The number of nitrogens with one attached hydrogen (secondary N) is 1. The molecule has 1 saturated heterocycles. The van der Waals surface area contributed by atoms with E-state index in [1.807, 2.05) is 0 Å². The number of nitrogens with zero attached hydrogens (tertiary/aromatic N) is 1. The Morgan fingerprint density at radius 1 is 1.52 bits per heavy atom. The lowest BCUT2D eigenvalue weighted by Gasteiger charge is -2.34. The number of hydrogen-bond acceptors (Lipinski definition) is 4. The third kappa shape index (κ3) is 4.38. The molecule has 5 nitrogen and oxygen atoms in total. The number of carbonyl (C=O) groups excluding carboxylic acids is 1. The molecular weight excluding hydrogens is 299 g/mol. The highest BCUT2D eigenvalue weighted by atomic mass is 35.5. The van der Waals surface area contributed by atoms with Crippen LogP contribution in [0.3, 0.4) is 0 Å². The average Bonchev–Trinajstić information content (AvgIpc) is 2.42. The maximum Gasteiger partial charge on any atom is 0.238 e. The molecular formula is C14H18ClFN2O3. The van der Waals surface area contributed by atoms with E-state index in [0.717, 1.165) is 6.07 Å². The van der Waals surface area contributed by atoms with Gasteiger partial charge in [0, 0.05) is 24.1 Å². The normalized spacial score (nSPS) is 23.0. The molecule has 116 valence electrons. The first-order chi connectivity index (χ1) is 9.99. The van der Waals surface area contributed by atoms with Crippen LogP contribution in [0.25, 0.3) is 0 Å². The fourth-order valence-electron chi connectivity index (χ4n) is 2.39. The van der Waals surface area contributed by atoms with Crippen LogP contribution in [0.2, 0.25) is 5.02 Å². The van der Waals surface area contributed by atoms with Gasteiger partial charge in [-0.25, -0.2) is 4.39 Å². The van der Waals surface area contributed by atoms with Gasteiger partial charge in [-0.05, 0) is 31.2 Å². The number of aliphatic hydroxyl groups is 2. The van der Waals surface area contributed by atoms with E-state index >= 15 is 0 Å². The molecule has 1 aliphatic heterocycles. The van der Waals surface area contributed by atoms with Crippen LogP contribution in [0.15, 0.2) is 18.2 Å². The maximum atomic E-state index is 13.6. The van der Waals surface area contributed by atoms with Gasteiger partial charge in [-0.15, -0.1) is 0 Å². The highest BCUT2D eigenvalue weighted by molar-refractivity contribution is 6.30. The number of aliphatic hydroxyl groups excluding tert-OH is 2. The van der Waals surface area contributed by atoms with Gasteiger partial charge in [-0.2, -0.15) is 0 Å². The van der Waals surface area contributed by atoms with Crippen molar-refractivity contribution in [1.82, 2.24) is 4.90 Å². The van der Waals surface area contributed by atoms with Gasteiger partial charge in [0.25, 0.3) is 0 Å². The van der Waals surface area contributed by atoms with Crippen molar-refractivity contribution in [3.05, 3.63) is 29.0 Å². The Hall–Kier alpha value is -1.21. The number of rotatable bonds is 4. The van der Waals surface area contributed by atoms with Gasteiger partial charge in [-0.3, -0.25) is 9.69 Å². The van der Waals surface area contributed by atoms with Crippen molar-refractivity contribution in [2.45, 2.75) is 12.5 Å². The molecule has 0 aliphatic carbocycles. The zero-order valence-corrected chi connectivity index (χ0v) is 12.2. The number of likely N-dealkylation sites (tertiary alicyclic amines) is 1. The molecule has 1 amide bonds. The average molecular weight is 317 g/mol. The smallest absolute Gasteiger partial charge is 0.238 e. The molecule has 3 N–H and O–H groups in total. The van der Waals surface area contributed by atoms with Crippen molar-refractivity contribution < 1.29 is 19.4 Å². The van der Waals surface area contributed by atoms with Gasteiger partial charge < -0.3 is 15.5 Å². The van der Waals surface area contributed by atoms with Crippen LogP contribution >= 0.6 is 11.6 Å². The minimum Gasteiger partial charge on any atom is -0.396 e. The number of halogens is 2. The van der Waals surface area contributed by atoms with Crippen molar-refractivity contribution in [1.29, 1.82) is 0 Å². The van der Waals surface area contributed by atoms with Crippen LogP contribution in [0, 0.1) is 11.7 Å². The summed E-state index contributed by atoms with van der Waals surface area (Å²) in [6, 6.07) is 4.03. The Balaban J connectivity index is 1.87. The Morgan fingerprint density at radius 2 is 2.29 bits per heavy atom. The molecule has 1 aromatic rings. The summed E-state index contributed by atoms with van der Waals surface area (Å²) in [6.07, 6.45) is -0.0240. The third-order valence-corrected chi connectivity index (χ3v) is 3.85. The van der Waals surface area contributed by atoms with Gasteiger partial charge in [-0.1, -0.05) is 11.6 Å². The predicted octanol–water partition coefficient (Wildman–Crippen LogP) is 1.09. The lowest BCUT2D eigenvalue weighted by atomic mass is 9.95. The van der Waals surface area contributed by atoms with E-state index < -0.39 is 11.9 Å². The summed E-state index contributed by atoms with van der Waals surface area (Å²) in [5.74, 6) is -1.08. The predicted molar refractivity (Wildman–Crippen MR) is 77.7 cm³/mol. The first kappa shape index (κ1) is 16.2. The van der Waals surface area contributed by atoms with Crippen LogP contribution < -0.4 is 5.32 Å². The summed E-state index contributed by atoms with van der Waals surface area (Å²) in [5, 5.41) is 21.6. The molecule has 1 heterocycles. The summed E-state index contributed by atoms with van der Waals surface area (Å²) in [4.78, 5) is 13.7. The van der Waals surface area contributed by atoms with Crippen LogP contribution in [0.5, 0.6) is 0 Å². The van der Waals surface area contributed by atoms with Gasteiger partial charge in [0.05, 0.1) is 18.3 Å². The molecule has 2 rings (SSSR count). The highest BCUT2D eigenvalue weighted by Gasteiger charge is 2.28. The van der Waals surface area contributed by atoms with Crippen LogP contribution in [0.1, 0.15) is 6.42 Å². The van der Waals surface area contributed by atoms with Crippen molar-refractivity contribution >= 4 is 23.2 Å². The minimum atomic E-state index is -0.649. The molecule has 2 atom stereocenters. The molecule has 0 radical (unpaired) electrons. The van der Waals surface area contributed by atoms with Gasteiger partial charge in [0.15, 0.2) is 0 Å². The fourth-order valence-corrected chi connectivity index (χ4v) is 2.54. The van der Waals surface area contributed by atoms with Crippen LogP contribution in [-0.4, -0.2) is 53.4 Å². The van der Waals surface area contributed by atoms with E-state index in [4.69, 9.17) is 16.7 Å². The molecule has 0 unspecified atom stereocenters. The first-order valence-corrected chi connectivity index (χ1v) is 7.13. The van der Waals surface area contributed by atoms with Gasteiger partial charge in [0.1, 0.15) is 5.82 Å². The zero-order valence-electron chi connectivity index (χ0n) is 11.4. The van der Waals surface area contributed by atoms with E-state index in [-0.39, 0.29) is 35.7 Å². The second-order valence-electron chi connectivity index (χ2n) is 5.21. The number of amides is 1. The molecule has 0 aromatic heterocycles. The number of hydrogen-bond donors (Lipinski definition) is 3. The van der Waals surface area contributed by atoms with Crippen LogP contribution in [-0.2, 0) is 4.79 Å². The summed E-state index contributed by atoms with van der Waals surface area (Å²) in [5.41, 5.74) is 0.0789. The van der Waals surface area contributed by atoms with E-state index in [1.54, 1.807) is 4.90 Å². The second-order valence-corrected chi connectivity index (χ2v) is 5.64. The standard InChI is InChI=1S/C14H18ClFN2O3/c15-10-1-2-12(11(16)5-10)17-14(21)7-18-4-3-9(8-19)13(20)6-18/h1-2,5,9,13,19-20H,3-4,6-8H2,(H,17,21)/t9-,13+/m1/s1. The summed E-state index contributed by atoms with van der Waals surface area (Å²) in [7, 11) is 0. The molecule has 0 bridgehead atoms. The minimum absolute atomic E-state index is 0.0583. The van der Waals surface area contributed by atoms with Crippen molar-refractivity contribution in [2.24, 2.45) is 5.92 Å². The quantitative estimate of drug-likeness (QED) is 0.777. The molecule has 1 aromatic carbocycles. The number of benzene rings is 1. The summed E-state index contributed by atoms with van der Waals surface area (Å²) in [6.45, 7) is 0.940. The maximum absolute atomic E-state index is 13.6. The number of anilines is 1. The van der Waals surface area contributed by atoms with E-state index in [0.29, 0.717) is 19.5 Å². The fraction of sp³-hybridized carbons (Fsp3) is 0.500. The van der Waals surface area contributed by atoms with Gasteiger partial charge >= 0.3 is 0 Å². The first-order valence-electron chi connectivity index (χ1n) is 6.75. The number of β-amino-alcohol motifs (C(OH)–C–C–N with tert-alkyl or cyclic N) is 1. The van der Waals surface area contributed by atoms with E-state index in [2.05, 4.69) is 5.32 Å². The molecule has 7 heteroatoms. The topological polar surface area (TPSA) is 72.8 Å². The van der Waals surface area contributed by atoms with E-state index in [9.17, 15) is 14.3 Å². The third-order valence-electron chi connectivity index (χ3n) is 3.61. The Kier molecular flexibility index (Phi) is 5.52. The zero-order chi connectivity index (χ0) is 15.4. The lowest BCUT2D eigenvalue weighted by molar-refractivity contribution is -0.118. The van der Waals surface area contributed by atoms with Crippen molar-refractivity contribution in [3.63, 3.8) is 0 Å². The summed E-state index contributed by atoms with van der Waals surface area (Å²) < 4.78 is 13.6. The second kappa shape index (κ2) is 7.17. The molecule has 0 saturated carbocycles. The SMILES string of the molecule is O=C(CN1CC[C@H](CO)[C@@H](O)C1)Nc1ccc(Cl)cc1F. The molecule has 21 heavy (non-hydrogen) atoms. The van der Waals surface area contributed by atoms with Gasteiger partial charge in [0.2, 0.25) is 5.91 Å². The van der Waals surface area contributed by atoms with Crippen molar-refractivity contribution in [3.8, 4) is 0 Å². The monoisotopic (exact) mass is 316 g/mol.